The SMILES string of the molecule is CC(C)CN(CC(C)C)S(=O)(=O)c1ccc(C(=O)N2CCN(c3nc4ccc([N+](=O)[O-])cc4s3)CC2)cc1. The van der Waals surface area contributed by atoms with E-state index in [1.54, 1.807) is 23.1 Å². The highest BCUT2D eigenvalue weighted by Gasteiger charge is 2.28. The maximum Gasteiger partial charge on any atom is 0.270 e. The Morgan fingerprint density at radius 2 is 1.63 bits per heavy atom. The van der Waals surface area contributed by atoms with E-state index < -0.39 is 14.9 Å². The first-order valence-electron chi connectivity index (χ1n) is 12.6. The summed E-state index contributed by atoms with van der Waals surface area (Å²) in [6.07, 6.45) is 0. The maximum absolute atomic E-state index is 13.3. The highest BCUT2D eigenvalue weighted by molar-refractivity contribution is 7.89. The lowest BCUT2D eigenvalue weighted by atomic mass is 10.2. The smallest absolute Gasteiger partial charge is 0.270 e. The number of piperazine rings is 1. The molecule has 0 saturated carbocycles. The third-order valence-corrected chi connectivity index (χ3v) is 9.21. The van der Waals surface area contributed by atoms with E-state index in [-0.39, 0.29) is 28.3 Å². The Bertz CT molecular complexity index is 1400. The average Bonchev–Trinajstić information content (AvgIpc) is 3.31. The molecule has 0 aliphatic carbocycles. The number of anilines is 1. The monoisotopic (exact) mass is 559 g/mol. The van der Waals surface area contributed by atoms with Crippen LogP contribution < -0.4 is 4.90 Å². The molecule has 0 spiro atoms. The third-order valence-electron chi connectivity index (χ3n) is 6.29. The zero-order chi connectivity index (χ0) is 27.6. The topological polar surface area (TPSA) is 117 Å². The molecule has 12 heteroatoms. The molecule has 1 aliphatic rings. The fraction of sp³-hybridized carbons (Fsp3) is 0.462. The molecular formula is C26H33N5O5S2. The number of nitrogens with zero attached hydrogens (tertiary/aromatic N) is 5. The van der Waals surface area contributed by atoms with Gasteiger partial charge in [0.15, 0.2) is 5.13 Å². The molecule has 0 atom stereocenters. The van der Waals surface area contributed by atoms with Crippen LogP contribution in [0.5, 0.6) is 0 Å². The van der Waals surface area contributed by atoms with E-state index >= 15 is 0 Å². The number of nitro benzene ring substituents is 1. The Morgan fingerprint density at radius 3 is 2.18 bits per heavy atom. The number of sulfonamides is 1. The summed E-state index contributed by atoms with van der Waals surface area (Å²) in [6, 6.07) is 10.9. The number of carbonyl (C=O) groups excluding carboxylic acids is 1. The van der Waals surface area contributed by atoms with E-state index in [0.29, 0.717) is 50.3 Å². The predicted octanol–water partition coefficient (Wildman–Crippen LogP) is 4.47. The van der Waals surface area contributed by atoms with Gasteiger partial charge >= 0.3 is 0 Å². The number of fused-ring (bicyclic) bond motifs is 1. The molecule has 0 unspecified atom stereocenters. The number of nitro groups is 1. The van der Waals surface area contributed by atoms with E-state index in [0.717, 1.165) is 9.83 Å². The number of non-ortho nitro benzene ring substituents is 1. The molecule has 1 aliphatic heterocycles. The molecule has 1 aromatic heterocycles. The van der Waals surface area contributed by atoms with Gasteiger partial charge in [-0.05, 0) is 42.2 Å². The normalized spacial score (nSPS) is 14.7. The van der Waals surface area contributed by atoms with E-state index in [1.165, 1.54) is 39.9 Å². The van der Waals surface area contributed by atoms with Gasteiger partial charge in [0.25, 0.3) is 11.6 Å². The summed E-state index contributed by atoms with van der Waals surface area (Å²) in [5.41, 5.74) is 1.20. The minimum atomic E-state index is -3.66. The van der Waals surface area contributed by atoms with Gasteiger partial charge in [0.2, 0.25) is 10.0 Å². The zero-order valence-electron chi connectivity index (χ0n) is 22.0. The number of hydrogen-bond acceptors (Lipinski definition) is 8. The van der Waals surface area contributed by atoms with Crippen LogP contribution in [0.4, 0.5) is 10.8 Å². The molecule has 3 aromatic rings. The number of thiazole rings is 1. The Hall–Kier alpha value is -3.09. The largest absolute Gasteiger partial charge is 0.345 e. The Balaban J connectivity index is 1.41. The number of hydrogen-bond donors (Lipinski definition) is 0. The highest BCUT2D eigenvalue weighted by Crippen LogP contribution is 2.32. The van der Waals surface area contributed by atoms with Crippen molar-refractivity contribution in [2.45, 2.75) is 32.6 Å². The zero-order valence-corrected chi connectivity index (χ0v) is 23.7. The van der Waals surface area contributed by atoms with Crippen LogP contribution in [0.3, 0.4) is 0 Å². The van der Waals surface area contributed by atoms with Crippen LogP contribution in [0, 0.1) is 22.0 Å². The first kappa shape index (κ1) is 27.9. The standard InChI is InChI=1S/C26H33N5O5S2/c1-18(2)16-30(17-19(3)4)38(35,36)22-8-5-20(6-9-22)25(32)28-11-13-29(14-12-28)26-27-23-10-7-21(31(33)34)15-24(23)37-26/h5-10,15,18-19H,11-14,16-17H2,1-4H3. The number of carbonyl (C=O) groups is 1. The van der Waals surface area contributed by atoms with Gasteiger partial charge in [-0.25, -0.2) is 13.4 Å². The van der Waals surface area contributed by atoms with Crippen LogP contribution in [0.1, 0.15) is 38.1 Å². The number of rotatable bonds is 9. The third kappa shape index (κ3) is 6.13. The second-order valence-corrected chi connectivity index (χ2v) is 13.3. The van der Waals surface area contributed by atoms with Gasteiger partial charge in [-0.1, -0.05) is 39.0 Å². The van der Waals surface area contributed by atoms with Crippen molar-refractivity contribution in [1.29, 1.82) is 0 Å². The van der Waals surface area contributed by atoms with Crippen LogP contribution in [0.25, 0.3) is 10.2 Å². The van der Waals surface area contributed by atoms with Crippen molar-refractivity contribution in [3.63, 3.8) is 0 Å². The summed E-state index contributed by atoms with van der Waals surface area (Å²) in [5, 5.41) is 11.8. The van der Waals surface area contributed by atoms with Gasteiger partial charge < -0.3 is 9.80 Å². The number of benzene rings is 2. The molecule has 1 fully saturated rings. The van der Waals surface area contributed by atoms with Crippen molar-refractivity contribution in [3.8, 4) is 0 Å². The molecule has 204 valence electrons. The first-order chi connectivity index (χ1) is 18.0. The van der Waals surface area contributed by atoms with Crippen molar-refractivity contribution < 1.29 is 18.1 Å². The van der Waals surface area contributed by atoms with Crippen molar-refractivity contribution in [1.82, 2.24) is 14.2 Å². The fourth-order valence-corrected chi connectivity index (χ4v) is 7.25. The summed E-state index contributed by atoms with van der Waals surface area (Å²) in [6.45, 7) is 11.0. The molecule has 1 amide bonds. The van der Waals surface area contributed by atoms with Gasteiger partial charge in [0.1, 0.15) is 0 Å². The second kappa shape index (κ2) is 11.3. The fourth-order valence-electron chi connectivity index (χ4n) is 4.44. The molecule has 2 aromatic carbocycles. The van der Waals surface area contributed by atoms with Crippen molar-refractivity contribution in [2.75, 3.05) is 44.2 Å². The second-order valence-electron chi connectivity index (χ2n) is 10.3. The Morgan fingerprint density at radius 1 is 1.03 bits per heavy atom. The van der Waals surface area contributed by atoms with Crippen LogP contribution >= 0.6 is 11.3 Å². The maximum atomic E-state index is 13.3. The van der Waals surface area contributed by atoms with E-state index in [4.69, 9.17) is 0 Å². The molecule has 0 bridgehead atoms. The molecule has 0 radical (unpaired) electrons. The van der Waals surface area contributed by atoms with E-state index in [2.05, 4.69) is 9.88 Å². The molecule has 2 heterocycles. The van der Waals surface area contributed by atoms with Gasteiger partial charge in [-0.3, -0.25) is 14.9 Å². The average molecular weight is 560 g/mol. The first-order valence-corrected chi connectivity index (χ1v) is 14.9. The Kier molecular flexibility index (Phi) is 8.34. The molecule has 1 saturated heterocycles. The summed E-state index contributed by atoms with van der Waals surface area (Å²) in [4.78, 5) is 32.4. The van der Waals surface area contributed by atoms with Crippen molar-refractivity contribution in [2.24, 2.45) is 11.8 Å². The van der Waals surface area contributed by atoms with Crippen molar-refractivity contribution in [3.05, 3.63) is 58.1 Å². The van der Waals surface area contributed by atoms with Crippen LogP contribution in [0.2, 0.25) is 0 Å². The molecule has 10 nitrogen and oxygen atoms in total. The van der Waals surface area contributed by atoms with Crippen LogP contribution in [-0.2, 0) is 10.0 Å². The molecular weight excluding hydrogens is 526 g/mol. The Labute approximate surface area is 227 Å². The van der Waals surface area contributed by atoms with E-state index in [9.17, 15) is 23.3 Å². The summed E-state index contributed by atoms with van der Waals surface area (Å²) >= 11 is 1.40. The lowest BCUT2D eigenvalue weighted by molar-refractivity contribution is -0.384. The van der Waals surface area contributed by atoms with Crippen molar-refractivity contribution >= 4 is 48.3 Å². The number of aromatic nitrogens is 1. The lowest BCUT2D eigenvalue weighted by Crippen LogP contribution is -2.48. The predicted molar refractivity (Wildman–Crippen MR) is 149 cm³/mol. The highest BCUT2D eigenvalue weighted by atomic mass is 32.2. The summed E-state index contributed by atoms with van der Waals surface area (Å²) in [7, 11) is -3.66. The van der Waals surface area contributed by atoms with Gasteiger partial charge in [0.05, 0.1) is 20.0 Å². The van der Waals surface area contributed by atoms with Gasteiger partial charge in [-0.15, -0.1) is 0 Å². The van der Waals surface area contributed by atoms with Crippen LogP contribution in [-0.4, -0.2) is 72.7 Å². The molecule has 38 heavy (non-hydrogen) atoms. The number of amides is 1. The molecule has 0 N–H and O–H groups in total. The summed E-state index contributed by atoms with van der Waals surface area (Å²) < 4.78 is 28.8. The van der Waals surface area contributed by atoms with Gasteiger partial charge in [0, 0.05) is 57.0 Å². The quantitative estimate of drug-likeness (QED) is 0.280. The summed E-state index contributed by atoms with van der Waals surface area (Å²) in [5.74, 6) is 0.253. The van der Waals surface area contributed by atoms with Crippen LogP contribution in [0.15, 0.2) is 47.4 Å². The molecule has 4 rings (SSSR count). The minimum absolute atomic E-state index is 0.0366. The lowest BCUT2D eigenvalue weighted by Gasteiger charge is -2.34. The van der Waals surface area contributed by atoms with E-state index in [1.807, 2.05) is 27.7 Å². The minimum Gasteiger partial charge on any atom is -0.345 e. The van der Waals surface area contributed by atoms with Gasteiger partial charge in [-0.2, -0.15) is 4.31 Å².